The van der Waals surface area contributed by atoms with E-state index < -0.39 is 6.04 Å². The van der Waals surface area contributed by atoms with E-state index in [0.29, 0.717) is 51.8 Å². The van der Waals surface area contributed by atoms with E-state index in [0.717, 1.165) is 28.2 Å². The second-order valence-corrected chi connectivity index (χ2v) is 11.4. The summed E-state index contributed by atoms with van der Waals surface area (Å²) in [5, 5.41) is 0. The van der Waals surface area contributed by atoms with Crippen LogP contribution in [0.15, 0.2) is 87.8 Å². The first-order valence-electron chi connectivity index (χ1n) is 14.5. The second kappa shape index (κ2) is 12.4. The zero-order valence-electron chi connectivity index (χ0n) is 25.0. The Kier molecular flexibility index (Phi) is 8.25. The van der Waals surface area contributed by atoms with E-state index in [9.17, 15) is 9.59 Å². The molecule has 2 aliphatic heterocycles. The molecule has 0 spiro atoms. The molecule has 4 aromatic rings. The number of nitrogens with zero attached hydrogens (tertiary/aromatic N) is 3. The first kappa shape index (κ1) is 29.3. The molecule has 0 unspecified atom stereocenters. The van der Waals surface area contributed by atoms with Crippen LogP contribution in [0.5, 0.6) is 23.0 Å². The van der Waals surface area contributed by atoms with E-state index in [-0.39, 0.29) is 18.3 Å². The molecule has 1 aromatic heterocycles. The van der Waals surface area contributed by atoms with Crippen LogP contribution in [0.4, 0.5) is 0 Å². The summed E-state index contributed by atoms with van der Waals surface area (Å²) in [5.74, 6) is 2.61. The van der Waals surface area contributed by atoms with Crippen LogP contribution in [0.25, 0.3) is 6.08 Å². The standard InChI is InChI=1S/C34H33N3O6S/c1-5-36(6-2)33(39)30-21(3)35-34-37(31(30)25-9-7-8-10-26(25)40-4)32(38)29(44-34)18-22-11-14-24(15-12-22)41-19-23-13-16-27-28(17-23)43-20-42-27/h7-18,31H,5-6,19-20H2,1-4H3/b29-18+/t31-/m0/s1. The van der Waals surface area contributed by atoms with Gasteiger partial charge in [0.25, 0.3) is 11.5 Å². The molecule has 0 fully saturated rings. The number of thiazole rings is 1. The molecule has 3 heterocycles. The Hall–Kier alpha value is -4.83. The summed E-state index contributed by atoms with van der Waals surface area (Å²) >= 11 is 1.30. The Bertz CT molecular complexity index is 1920. The number of hydrogen-bond donors (Lipinski definition) is 0. The molecule has 2 aliphatic rings. The Morgan fingerprint density at radius 2 is 1.82 bits per heavy atom. The average molecular weight is 612 g/mol. The molecule has 0 bridgehead atoms. The molecule has 44 heavy (non-hydrogen) atoms. The second-order valence-electron chi connectivity index (χ2n) is 10.3. The zero-order valence-corrected chi connectivity index (χ0v) is 25.8. The van der Waals surface area contributed by atoms with Gasteiger partial charge in [-0.05, 0) is 68.3 Å². The van der Waals surface area contributed by atoms with Gasteiger partial charge in [0.2, 0.25) is 6.79 Å². The fourth-order valence-corrected chi connectivity index (χ4v) is 6.52. The lowest BCUT2D eigenvalue weighted by molar-refractivity contribution is -0.127. The molecule has 0 saturated carbocycles. The topological polar surface area (TPSA) is 91.6 Å². The highest BCUT2D eigenvalue weighted by atomic mass is 32.1. The molecule has 0 radical (unpaired) electrons. The third-order valence-corrected chi connectivity index (χ3v) is 8.74. The van der Waals surface area contributed by atoms with Gasteiger partial charge in [-0.1, -0.05) is 47.7 Å². The van der Waals surface area contributed by atoms with E-state index in [4.69, 9.17) is 23.9 Å². The number of allylic oxidation sites excluding steroid dienone is 1. The summed E-state index contributed by atoms with van der Waals surface area (Å²) in [5.41, 5.74) is 3.39. The third kappa shape index (κ3) is 5.48. The smallest absolute Gasteiger partial charge is 0.271 e. The van der Waals surface area contributed by atoms with Crippen LogP contribution in [-0.2, 0) is 11.4 Å². The number of fused-ring (bicyclic) bond motifs is 2. The van der Waals surface area contributed by atoms with Crippen molar-refractivity contribution >= 4 is 23.3 Å². The predicted molar refractivity (Wildman–Crippen MR) is 168 cm³/mol. The van der Waals surface area contributed by atoms with Crippen LogP contribution in [-0.4, -0.2) is 42.4 Å². The van der Waals surface area contributed by atoms with Gasteiger partial charge in [0, 0.05) is 18.7 Å². The highest BCUT2D eigenvalue weighted by Crippen LogP contribution is 2.36. The van der Waals surface area contributed by atoms with E-state index in [1.807, 2.05) is 93.6 Å². The van der Waals surface area contributed by atoms with E-state index >= 15 is 0 Å². The maximum Gasteiger partial charge on any atom is 0.271 e. The number of carbonyl (C=O) groups is 1. The fourth-order valence-electron chi connectivity index (χ4n) is 5.47. The molecule has 1 atom stereocenters. The van der Waals surface area contributed by atoms with Crippen LogP contribution in [0, 0.1) is 0 Å². The van der Waals surface area contributed by atoms with Gasteiger partial charge < -0.3 is 23.8 Å². The molecule has 226 valence electrons. The lowest BCUT2D eigenvalue weighted by Gasteiger charge is -2.29. The van der Waals surface area contributed by atoms with E-state index in [1.165, 1.54) is 11.3 Å². The van der Waals surface area contributed by atoms with Crippen LogP contribution in [0.2, 0.25) is 0 Å². The van der Waals surface area contributed by atoms with Crippen molar-refractivity contribution in [2.24, 2.45) is 4.99 Å². The summed E-state index contributed by atoms with van der Waals surface area (Å²) in [6.07, 6.45) is 1.84. The van der Waals surface area contributed by atoms with Crippen molar-refractivity contribution in [1.29, 1.82) is 0 Å². The predicted octanol–water partition coefficient (Wildman–Crippen LogP) is 4.42. The Labute approximate surface area is 258 Å². The van der Waals surface area contributed by atoms with Gasteiger partial charge in [0.1, 0.15) is 24.1 Å². The van der Waals surface area contributed by atoms with Crippen molar-refractivity contribution < 1.29 is 23.7 Å². The maximum atomic E-state index is 14.0. The number of para-hydroxylation sites is 1. The summed E-state index contributed by atoms with van der Waals surface area (Å²) < 4.78 is 24.6. The number of likely N-dealkylation sites (N-methyl/N-ethyl adjacent to an activating group) is 1. The molecule has 0 N–H and O–H groups in total. The molecule has 0 aliphatic carbocycles. The average Bonchev–Trinajstić information content (AvgIpc) is 3.64. The molecule has 3 aromatic carbocycles. The molecular weight excluding hydrogens is 578 g/mol. The Morgan fingerprint density at radius 1 is 1.07 bits per heavy atom. The van der Waals surface area contributed by atoms with E-state index in [1.54, 1.807) is 16.6 Å². The number of carbonyl (C=O) groups excluding carboxylic acids is 1. The highest BCUT2D eigenvalue weighted by Gasteiger charge is 2.35. The third-order valence-electron chi connectivity index (χ3n) is 7.76. The van der Waals surface area contributed by atoms with Crippen LogP contribution in [0.1, 0.15) is 43.5 Å². The van der Waals surface area contributed by atoms with Gasteiger partial charge in [0.05, 0.1) is 22.9 Å². The van der Waals surface area contributed by atoms with Gasteiger partial charge in [-0.2, -0.15) is 0 Å². The Morgan fingerprint density at radius 3 is 2.57 bits per heavy atom. The van der Waals surface area contributed by atoms with Crippen LogP contribution in [0.3, 0.4) is 0 Å². The summed E-state index contributed by atoms with van der Waals surface area (Å²) in [7, 11) is 1.59. The summed E-state index contributed by atoms with van der Waals surface area (Å²) in [4.78, 5) is 34.9. The Balaban J connectivity index is 1.33. The normalized spacial score (nSPS) is 15.5. The quantitative estimate of drug-likeness (QED) is 0.278. The van der Waals surface area contributed by atoms with Gasteiger partial charge in [-0.25, -0.2) is 4.99 Å². The SMILES string of the molecule is CCN(CC)C(=O)C1=C(C)N=c2s/c(=C/c3ccc(OCc4ccc5c(c4)OCO5)cc3)c(=O)n2[C@H]1c1ccccc1OC. The minimum Gasteiger partial charge on any atom is -0.496 e. The number of hydrogen-bond acceptors (Lipinski definition) is 8. The molecule has 10 heteroatoms. The number of aromatic nitrogens is 1. The first-order chi connectivity index (χ1) is 21.4. The van der Waals surface area contributed by atoms with Gasteiger partial charge in [-0.15, -0.1) is 0 Å². The number of rotatable bonds is 9. The van der Waals surface area contributed by atoms with Crippen molar-refractivity contribution in [2.75, 3.05) is 27.0 Å². The number of ether oxygens (including phenoxy) is 4. The highest BCUT2D eigenvalue weighted by molar-refractivity contribution is 7.07. The number of benzene rings is 3. The molecule has 1 amide bonds. The maximum absolute atomic E-state index is 14.0. The van der Waals surface area contributed by atoms with Crippen molar-refractivity contribution in [1.82, 2.24) is 9.47 Å². The lowest BCUT2D eigenvalue weighted by Crippen LogP contribution is -2.43. The summed E-state index contributed by atoms with van der Waals surface area (Å²) in [6.45, 7) is 7.42. The van der Waals surface area contributed by atoms with Crippen molar-refractivity contribution in [3.8, 4) is 23.0 Å². The van der Waals surface area contributed by atoms with Crippen molar-refractivity contribution in [2.45, 2.75) is 33.4 Å². The minimum absolute atomic E-state index is 0.141. The van der Waals surface area contributed by atoms with E-state index in [2.05, 4.69) is 0 Å². The fraction of sp³-hybridized carbons (Fsp3) is 0.265. The monoisotopic (exact) mass is 611 g/mol. The lowest BCUT2D eigenvalue weighted by atomic mass is 9.94. The van der Waals surface area contributed by atoms with Crippen LogP contribution >= 0.6 is 11.3 Å². The summed E-state index contributed by atoms with van der Waals surface area (Å²) in [6, 6.07) is 20.1. The molecule has 0 saturated heterocycles. The van der Waals surface area contributed by atoms with Gasteiger partial charge >= 0.3 is 0 Å². The van der Waals surface area contributed by atoms with Crippen LogP contribution < -0.4 is 33.8 Å². The largest absolute Gasteiger partial charge is 0.496 e. The van der Waals surface area contributed by atoms with Crippen molar-refractivity contribution in [3.05, 3.63) is 114 Å². The molecule has 6 rings (SSSR count). The minimum atomic E-state index is -0.676. The van der Waals surface area contributed by atoms with Crippen molar-refractivity contribution in [3.63, 3.8) is 0 Å². The van der Waals surface area contributed by atoms with Gasteiger partial charge in [-0.3, -0.25) is 14.2 Å². The first-order valence-corrected chi connectivity index (χ1v) is 15.3. The zero-order chi connectivity index (χ0) is 30.8. The van der Waals surface area contributed by atoms with Gasteiger partial charge in [0.15, 0.2) is 16.3 Å². The molecular formula is C34H33N3O6S. The number of amides is 1. The molecule has 9 nitrogen and oxygen atoms in total. The number of methoxy groups -OCH3 is 1.